The molecule has 1 aliphatic rings. The van der Waals surface area contributed by atoms with Gasteiger partial charge in [0.1, 0.15) is 0 Å². The molecule has 0 amide bonds. The summed E-state index contributed by atoms with van der Waals surface area (Å²) in [5, 5.41) is 0.818. The minimum Gasteiger partial charge on any atom is -0.349 e. The van der Waals surface area contributed by atoms with Crippen LogP contribution in [0.4, 0.5) is 0 Å². The van der Waals surface area contributed by atoms with Crippen LogP contribution in [0.1, 0.15) is 44.0 Å². The van der Waals surface area contributed by atoms with E-state index in [9.17, 15) is 0 Å². The number of alkyl halides is 1. The zero-order valence-electron chi connectivity index (χ0n) is 12.4. The molecule has 0 saturated heterocycles. The van der Waals surface area contributed by atoms with Gasteiger partial charge >= 0.3 is 0 Å². The molecule has 2 heterocycles. The molecule has 2 nitrogen and oxygen atoms in total. The molecule has 108 valence electrons. The average molecular weight is 400 g/mol. The van der Waals surface area contributed by atoms with Crippen LogP contribution in [-0.4, -0.2) is 16.0 Å². The number of aromatic nitrogens is 1. The van der Waals surface area contributed by atoms with Crippen molar-refractivity contribution in [2.24, 2.45) is 4.99 Å². The largest absolute Gasteiger partial charge is 0.349 e. The van der Waals surface area contributed by atoms with Crippen LogP contribution in [0, 0.1) is 6.92 Å². The van der Waals surface area contributed by atoms with Crippen molar-refractivity contribution in [1.82, 2.24) is 4.98 Å². The lowest BCUT2D eigenvalue weighted by Crippen LogP contribution is -2.00. The summed E-state index contributed by atoms with van der Waals surface area (Å²) in [6.45, 7) is 8.68. The predicted octanol–water partition coefficient (Wildman–Crippen LogP) is 5.56. The molecular formula is C16H20Br2N2. The second-order valence-corrected chi connectivity index (χ2v) is 6.34. The predicted molar refractivity (Wildman–Crippen MR) is 94.8 cm³/mol. The van der Waals surface area contributed by atoms with Crippen LogP contribution in [0.2, 0.25) is 0 Å². The molecular weight excluding hydrogens is 380 g/mol. The van der Waals surface area contributed by atoms with Crippen molar-refractivity contribution >= 4 is 43.6 Å². The summed E-state index contributed by atoms with van der Waals surface area (Å²) in [7, 11) is 0. The van der Waals surface area contributed by atoms with Crippen molar-refractivity contribution in [2.75, 3.05) is 5.33 Å². The number of nitrogens with zero attached hydrogens (tertiary/aromatic N) is 1. The van der Waals surface area contributed by atoms with Gasteiger partial charge < -0.3 is 4.98 Å². The first kappa shape index (κ1) is 15.8. The fraction of sp³-hybridized carbons (Fsp3) is 0.438. The summed E-state index contributed by atoms with van der Waals surface area (Å²) in [5.41, 5.74) is 8.73. The Morgan fingerprint density at radius 3 is 2.40 bits per heavy atom. The molecule has 0 unspecified atom stereocenters. The van der Waals surface area contributed by atoms with Crippen LogP contribution in [0.25, 0.3) is 6.08 Å². The lowest BCUT2D eigenvalue weighted by atomic mass is 10.0. The van der Waals surface area contributed by atoms with Gasteiger partial charge in [0.15, 0.2) is 0 Å². The molecule has 0 bridgehead atoms. The van der Waals surface area contributed by atoms with E-state index in [-0.39, 0.29) is 0 Å². The molecule has 0 radical (unpaired) electrons. The van der Waals surface area contributed by atoms with E-state index in [1.165, 1.54) is 28.0 Å². The molecule has 20 heavy (non-hydrogen) atoms. The highest BCUT2D eigenvalue weighted by Crippen LogP contribution is 2.31. The second kappa shape index (κ2) is 6.44. The second-order valence-electron chi connectivity index (χ2n) is 4.99. The Kier molecular flexibility index (Phi) is 5.08. The molecule has 0 aliphatic carbocycles. The van der Waals surface area contributed by atoms with Gasteiger partial charge in [-0.05, 0) is 71.0 Å². The van der Waals surface area contributed by atoms with Crippen LogP contribution in [0.3, 0.4) is 0 Å². The highest BCUT2D eigenvalue weighted by molar-refractivity contribution is 9.10. The summed E-state index contributed by atoms with van der Waals surface area (Å²) in [6, 6.07) is 0. The highest BCUT2D eigenvalue weighted by Gasteiger charge is 2.19. The van der Waals surface area contributed by atoms with E-state index in [2.05, 4.69) is 70.6 Å². The molecule has 0 aromatic carbocycles. The van der Waals surface area contributed by atoms with Crippen molar-refractivity contribution < 1.29 is 0 Å². The molecule has 4 heteroatoms. The highest BCUT2D eigenvalue weighted by atomic mass is 79.9. The Labute approximate surface area is 137 Å². The quantitative estimate of drug-likeness (QED) is 0.641. The van der Waals surface area contributed by atoms with E-state index in [1.807, 2.05) is 0 Å². The zero-order valence-corrected chi connectivity index (χ0v) is 15.6. The SMILES string of the molecule is CCC1=C(C)/C(=C/c2[nH]c(Br)c(C)c2CC)N=C1CBr. The third-order valence-corrected chi connectivity index (χ3v) is 5.23. The monoisotopic (exact) mass is 398 g/mol. The van der Waals surface area contributed by atoms with E-state index in [0.717, 1.165) is 34.2 Å². The molecule has 0 spiro atoms. The van der Waals surface area contributed by atoms with Crippen molar-refractivity contribution in [3.05, 3.63) is 38.3 Å². The van der Waals surface area contributed by atoms with Gasteiger partial charge in [-0.15, -0.1) is 0 Å². The Morgan fingerprint density at radius 2 is 1.90 bits per heavy atom. The van der Waals surface area contributed by atoms with Crippen molar-refractivity contribution in [1.29, 1.82) is 0 Å². The number of rotatable bonds is 4. The van der Waals surface area contributed by atoms with Gasteiger partial charge in [0.25, 0.3) is 0 Å². The third-order valence-electron chi connectivity index (χ3n) is 3.91. The lowest BCUT2D eigenvalue weighted by Gasteiger charge is -2.01. The molecule has 0 fully saturated rings. The molecule has 1 aromatic heterocycles. The van der Waals surface area contributed by atoms with Gasteiger partial charge in [0, 0.05) is 11.0 Å². The number of allylic oxidation sites excluding steroid dienone is 2. The molecule has 1 aliphatic heterocycles. The Morgan fingerprint density at radius 1 is 1.20 bits per heavy atom. The maximum absolute atomic E-state index is 4.77. The number of halogens is 2. The summed E-state index contributed by atoms with van der Waals surface area (Å²) < 4.78 is 1.07. The van der Waals surface area contributed by atoms with Crippen LogP contribution >= 0.6 is 31.9 Å². The van der Waals surface area contributed by atoms with Gasteiger partial charge in [-0.3, -0.25) is 4.99 Å². The van der Waals surface area contributed by atoms with Crippen LogP contribution in [0.15, 0.2) is 26.4 Å². The van der Waals surface area contributed by atoms with E-state index < -0.39 is 0 Å². The van der Waals surface area contributed by atoms with Gasteiger partial charge in [-0.25, -0.2) is 0 Å². The number of H-pyrrole nitrogens is 1. The summed E-state index contributed by atoms with van der Waals surface area (Å²) >= 11 is 7.12. The zero-order chi connectivity index (χ0) is 14.9. The van der Waals surface area contributed by atoms with Crippen LogP contribution in [0.5, 0.6) is 0 Å². The first-order chi connectivity index (χ1) is 9.53. The Hall–Kier alpha value is -0.610. The van der Waals surface area contributed by atoms with E-state index in [4.69, 9.17) is 4.99 Å². The smallest absolute Gasteiger partial charge is 0.0857 e. The standard InChI is InChI=1S/C16H20Br2N2/c1-5-11-9(3)13(19-15(11)8-17)7-14-12(6-2)10(4)16(18)20-14/h7,20H,5-6,8H2,1-4H3/b13-7-. The number of hydrogen-bond acceptors (Lipinski definition) is 1. The summed E-state index contributed by atoms with van der Waals surface area (Å²) in [5.74, 6) is 0. The summed E-state index contributed by atoms with van der Waals surface area (Å²) in [6.07, 6.45) is 4.23. The fourth-order valence-electron chi connectivity index (χ4n) is 2.73. The summed E-state index contributed by atoms with van der Waals surface area (Å²) in [4.78, 5) is 8.18. The first-order valence-electron chi connectivity index (χ1n) is 6.96. The van der Waals surface area contributed by atoms with Gasteiger partial charge in [0.05, 0.1) is 16.0 Å². The Balaban J connectivity index is 2.50. The Bertz CT molecular complexity index is 619. The molecule has 0 atom stereocenters. The maximum Gasteiger partial charge on any atom is 0.0857 e. The molecule has 1 N–H and O–H groups in total. The maximum atomic E-state index is 4.77. The fourth-order valence-corrected chi connectivity index (χ4v) is 3.64. The number of aromatic amines is 1. The number of nitrogens with one attached hydrogen (secondary N) is 1. The van der Waals surface area contributed by atoms with Crippen molar-refractivity contribution in [2.45, 2.75) is 40.5 Å². The normalized spacial score (nSPS) is 17.3. The van der Waals surface area contributed by atoms with Gasteiger partial charge in [0.2, 0.25) is 0 Å². The minimum atomic E-state index is 0.818. The molecule has 2 rings (SSSR count). The van der Waals surface area contributed by atoms with Crippen molar-refractivity contribution in [3.63, 3.8) is 0 Å². The number of hydrogen-bond donors (Lipinski definition) is 1. The average Bonchev–Trinajstić information content (AvgIpc) is 2.88. The minimum absolute atomic E-state index is 0.818. The number of aliphatic imine (C=N–C) groups is 1. The topological polar surface area (TPSA) is 28.1 Å². The first-order valence-corrected chi connectivity index (χ1v) is 8.87. The molecule has 0 saturated carbocycles. The van der Waals surface area contributed by atoms with E-state index >= 15 is 0 Å². The van der Waals surface area contributed by atoms with E-state index in [1.54, 1.807) is 0 Å². The van der Waals surface area contributed by atoms with E-state index in [0.29, 0.717) is 0 Å². The van der Waals surface area contributed by atoms with Gasteiger partial charge in [-0.2, -0.15) is 0 Å². The van der Waals surface area contributed by atoms with Crippen molar-refractivity contribution in [3.8, 4) is 0 Å². The lowest BCUT2D eigenvalue weighted by molar-refractivity contribution is 1.11. The molecule has 1 aromatic rings. The van der Waals surface area contributed by atoms with Gasteiger partial charge in [-0.1, -0.05) is 29.8 Å². The van der Waals surface area contributed by atoms with Crippen LogP contribution in [-0.2, 0) is 6.42 Å². The third kappa shape index (κ3) is 2.73. The van der Waals surface area contributed by atoms with Crippen LogP contribution < -0.4 is 0 Å².